The fraction of sp³-hybridized carbons (Fsp3) is 0.250. The Labute approximate surface area is 127 Å². The van der Waals surface area contributed by atoms with E-state index in [9.17, 15) is 13.6 Å². The summed E-state index contributed by atoms with van der Waals surface area (Å²) in [7, 11) is 0. The fourth-order valence-electron chi connectivity index (χ4n) is 1.83. The number of anilines is 2. The van der Waals surface area contributed by atoms with Gasteiger partial charge in [-0.1, -0.05) is 0 Å². The van der Waals surface area contributed by atoms with Gasteiger partial charge in [-0.15, -0.1) is 0 Å². The van der Waals surface area contributed by atoms with Gasteiger partial charge in [-0.25, -0.2) is 8.78 Å². The normalized spacial score (nSPS) is 11.1. The van der Waals surface area contributed by atoms with Gasteiger partial charge >= 0.3 is 0 Å². The van der Waals surface area contributed by atoms with E-state index in [1.807, 2.05) is 20.8 Å². The van der Waals surface area contributed by atoms with E-state index in [1.54, 1.807) is 12.1 Å². The first-order chi connectivity index (χ1) is 10.2. The van der Waals surface area contributed by atoms with Crippen LogP contribution >= 0.6 is 0 Å². The van der Waals surface area contributed by atoms with Crippen molar-refractivity contribution in [2.45, 2.75) is 26.3 Å². The van der Waals surface area contributed by atoms with Crippen LogP contribution in [0.1, 0.15) is 31.3 Å². The van der Waals surface area contributed by atoms with Crippen molar-refractivity contribution in [2.75, 3.05) is 10.6 Å². The minimum Gasteiger partial charge on any atom is -0.380 e. The number of nitrogens with one attached hydrogen (secondary N) is 2. The van der Waals surface area contributed by atoms with Crippen molar-refractivity contribution in [3.8, 4) is 0 Å². The highest BCUT2D eigenvalue weighted by Crippen LogP contribution is 2.17. The average molecular weight is 305 g/mol. The number of hydrogen-bond acceptors (Lipinski definition) is 3. The molecule has 0 bridgehead atoms. The maximum absolute atomic E-state index is 13.1. The summed E-state index contributed by atoms with van der Waals surface area (Å²) in [5, 5.41) is 5.71. The lowest BCUT2D eigenvalue weighted by Gasteiger charge is -2.22. The first kappa shape index (κ1) is 15.9. The molecule has 0 saturated heterocycles. The molecule has 1 amide bonds. The van der Waals surface area contributed by atoms with E-state index in [-0.39, 0.29) is 16.9 Å². The van der Waals surface area contributed by atoms with Crippen LogP contribution in [0.25, 0.3) is 0 Å². The van der Waals surface area contributed by atoms with Crippen molar-refractivity contribution in [3.05, 3.63) is 53.9 Å². The summed E-state index contributed by atoms with van der Waals surface area (Å²) < 4.78 is 26.0. The summed E-state index contributed by atoms with van der Waals surface area (Å²) in [4.78, 5) is 16.1. The van der Waals surface area contributed by atoms with E-state index < -0.39 is 17.5 Å². The lowest BCUT2D eigenvalue weighted by molar-refractivity contribution is 0.102. The van der Waals surface area contributed by atoms with Gasteiger partial charge < -0.3 is 10.6 Å². The number of carbonyl (C=O) groups is 1. The average Bonchev–Trinajstić information content (AvgIpc) is 2.41. The Balaban J connectivity index is 2.15. The smallest absolute Gasteiger partial charge is 0.274 e. The van der Waals surface area contributed by atoms with Crippen LogP contribution in [0, 0.1) is 11.6 Å². The molecule has 1 aromatic heterocycles. The lowest BCUT2D eigenvalue weighted by atomic mass is 10.1. The quantitative estimate of drug-likeness (QED) is 0.906. The van der Waals surface area contributed by atoms with Crippen LogP contribution in [0.5, 0.6) is 0 Å². The number of hydrogen-bond donors (Lipinski definition) is 2. The number of pyridine rings is 1. The molecular weight excluding hydrogens is 288 g/mol. The molecule has 0 aliphatic heterocycles. The summed E-state index contributed by atoms with van der Waals surface area (Å²) in [6.45, 7) is 5.98. The van der Waals surface area contributed by atoms with Crippen molar-refractivity contribution in [1.29, 1.82) is 0 Å². The molecule has 2 N–H and O–H groups in total. The zero-order valence-electron chi connectivity index (χ0n) is 12.6. The van der Waals surface area contributed by atoms with Crippen molar-refractivity contribution in [2.24, 2.45) is 0 Å². The minimum atomic E-state index is -1.02. The summed E-state index contributed by atoms with van der Waals surface area (Å²) in [5.41, 5.74) is 0.937. The summed E-state index contributed by atoms with van der Waals surface area (Å²) >= 11 is 0. The minimum absolute atomic E-state index is 0.158. The lowest BCUT2D eigenvalue weighted by Crippen LogP contribution is -2.26. The van der Waals surface area contributed by atoms with E-state index >= 15 is 0 Å². The highest BCUT2D eigenvalue weighted by Gasteiger charge is 2.13. The van der Waals surface area contributed by atoms with Crippen LogP contribution in [0.3, 0.4) is 0 Å². The van der Waals surface area contributed by atoms with Crippen LogP contribution in [0.15, 0.2) is 36.5 Å². The van der Waals surface area contributed by atoms with E-state index in [2.05, 4.69) is 15.6 Å². The molecule has 0 radical (unpaired) electrons. The SMILES string of the molecule is CC(C)(C)Nc1ccnc(C(=O)Nc2ccc(F)c(F)c2)c1. The topological polar surface area (TPSA) is 54.0 Å². The molecule has 0 aliphatic rings. The van der Waals surface area contributed by atoms with Crippen LogP contribution in [0.4, 0.5) is 20.2 Å². The number of aromatic nitrogens is 1. The molecule has 0 fully saturated rings. The third kappa shape index (κ3) is 4.25. The molecule has 0 aliphatic carbocycles. The van der Waals surface area contributed by atoms with E-state index in [0.717, 1.165) is 17.8 Å². The zero-order valence-corrected chi connectivity index (χ0v) is 12.6. The van der Waals surface area contributed by atoms with Gasteiger partial charge in [-0.05, 0) is 45.0 Å². The molecule has 22 heavy (non-hydrogen) atoms. The highest BCUT2D eigenvalue weighted by molar-refractivity contribution is 6.03. The molecule has 0 unspecified atom stereocenters. The first-order valence-electron chi connectivity index (χ1n) is 6.75. The molecule has 0 spiro atoms. The molecule has 2 aromatic rings. The Bertz CT molecular complexity index is 696. The van der Waals surface area contributed by atoms with Gasteiger partial charge in [0, 0.05) is 29.2 Å². The molecule has 116 valence electrons. The molecule has 2 rings (SSSR count). The highest BCUT2D eigenvalue weighted by atomic mass is 19.2. The molecule has 6 heteroatoms. The van der Waals surface area contributed by atoms with E-state index in [1.165, 1.54) is 12.3 Å². The van der Waals surface area contributed by atoms with Crippen molar-refractivity contribution >= 4 is 17.3 Å². The van der Waals surface area contributed by atoms with Gasteiger partial charge in [-0.3, -0.25) is 9.78 Å². The van der Waals surface area contributed by atoms with Crippen LogP contribution in [0.2, 0.25) is 0 Å². The largest absolute Gasteiger partial charge is 0.380 e. The Morgan fingerprint density at radius 3 is 2.41 bits per heavy atom. The Hall–Kier alpha value is -2.50. The van der Waals surface area contributed by atoms with Crippen LogP contribution < -0.4 is 10.6 Å². The second-order valence-electron chi connectivity index (χ2n) is 5.89. The van der Waals surface area contributed by atoms with Gasteiger partial charge in [0.1, 0.15) is 5.69 Å². The van der Waals surface area contributed by atoms with Crippen molar-refractivity contribution in [1.82, 2.24) is 4.98 Å². The molecule has 1 heterocycles. The number of carbonyl (C=O) groups excluding carboxylic acids is 1. The van der Waals surface area contributed by atoms with Crippen molar-refractivity contribution < 1.29 is 13.6 Å². The molecule has 0 saturated carbocycles. The number of amides is 1. The maximum atomic E-state index is 13.1. The second kappa shape index (κ2) is 6.09. The summed E-state index contributed by atoms with van der Waals surface area (Å²) in [6, 6.07) is 6.51. The standard InChI is InChI=1S/C16H17F2N3O/c1-16(2,3)21-11-6-7-19-14(9-11)15(22)20-10-4-5-12(17)13(18)8-10/h4-9H,1-3H3,(H,19,21)(H,20,22). The molecular formula is C16H17F2N3O. The molecule has 0 atom stereocenters. The van der Waals surface area contributed by atoms with Crippen molar-refractivity contribution in [3.63, 3.8) is 0 Å². The number of nitrogens with zero attached hydrogens (tertiary/aromatic N) is 1. The predicted octanol–water partition coefficient (Wildman–Crippen LogP) is 3.82. The van der Waals surface area contributed by atoms with Gasteiger partial charge in [0.2, 0.25) is 0 Å². The third-order valence-corrected chi connectivity index (χ3v) is 2.69. The van der Waals surface area contributed by atoms with Gasteiger partial charge in [-0.2, -0.15) is 0 Å². The second-order valence-corrected chi connectivity index (χ2v) is 5.89. The Morgan fingerprint density at radius 1 is 1.05 bits per heavy atom. The van der Waals surface area contributed by atoms with E-state index in [0.29, 0.717) is 0 Å². The van der Waals surface area contributed by atoms with E-state index in [4.69, 9.17) is 0 Å². The first-order valence-corrected chi connectivity index (χ1v) is 6.75. The van der Waals surface area contributed by atoms with Crippen LogP contribution in [-0.2, 0) is 0 Å². The fourth-order valence-corrected chi connectivity index (χ4v) is 1.83. The van der Waals surface area contributed by atoms with Crippen LogP contribution in [-0.4, -0.2) is 16.4 Å². The number of rotatable bonds is 3. The summed E-state index contributed by atoms with van der Waals surface area (Å²) in [6.07, 6.45) is 1.51. The Kier molecular flexibility index (Phi) is 4.40. The predicted molar refractivity (Wildman–Crippen MR) is 81.9 cm³/mol. The molecule has 4 nitrogen and oxygen atoms in total. The number of halogens is 2. The summed E-state index contributed by atoms with van der Waals surface area (Å²) in [5.74, 6) is -2.48. The maximum Gasteiger partial charge on any atom is 0.274 e. The molecule has 1 aromatic carbocycles. The zero-order chi connectivity index (χ0) is 16.3. The number of benzene rings is 1. The Morgan fingerprint density at radius 2 is 1.77 bits per heavy atom. The monoisotopic (exact) mass is 305 g/mol. The van der Waals surface area contributed by atoms with Gasteiger partial charge in [0.15, 0.2) is 11.6 Å². The third-order valence-electron chi connectivity index (χ3n) is 2.69. The van der Waals surface area contributed by atoms with Gasteiger partial charge in [0.05, 0.1) is 0 Å². The van der Waals surface area contributed by atoms with Gasteiger partial charge in [0.25, 0.3) is 5.91 Å².